The third kappa shape index (κ3) is 3.52. The Bertz CT molecular complexity index is 1010. The molecule has 0 saturated heterocycles. The number of carbonyl (C=O) groups excluding carboxylic acids is 2. The first-order valence-electron chi connectivity index (χ1n) is 9.36. The van der Waals surface area contributed by atoms with E-state index in [0.717, 1.165) is 16.5 Å². The number of Topliss-reactive ketones (excluding diaryl/α,β-unsaturated/α-hetero) is 1. The Balaban J connectivity index is 1.94. The molecule has 7 heteroatoms. The molecule has 2 heterocycles. The van der Waals surface area contributed by atoms with Crippen molar-refractivity contribution in [3.8, 4) is 0 Å². The number of rotatable bonds is 2. The predicted molar refractivity (Wildman–Crippen MR) is 106 cm³/mol. The quantitative estimate of drug-likeness (QED) is 0.605. The summed E-state index contributed by atoms with van der Waals surface area (Å²) in [5, 5.41) is 3.78. The Morgan fingerprint density at radius 3 is 2.48 bits per heavy atom. The van der Waals surface area contributed by atoms with Crippen LogP contribution in [0.4, 0.5) is 18.9 Å². The number of amides is 1. The standard InChI is InChI=1S/C22H20F3NO2S/c1-21(2)10-17-20(18(27)11-21)14(13-7-8-29-12-13)9-19(28)26(17)16-6-4-3-5-15(16)22(23,24)25/h3-8,12,14H,9-11H2,1-2H3. The highest BCUT2D eigenvalue weighted by Gasteiger charge is 2.46. The number of benzene rings is 1. The topological polar surface area (TPSA) is 37.4 Å². The Hall–Kier alpha value is -2.41. The smallest absolute Gasteiger partial charge is 0.294 e. The van der Waals surface area contributed by atoms with Crippen LogP contribution in [0.1, 0.15) is 50.2 Å². The molecule has 1 aromatic heterocycles. The molecule has 0 saturated carbocycles. The maximum absolute atomic E-state index is 13.7. The molecule has 0 spiro atoms. The second-order valence-electron chi connectivity index (χ2n) is 8.36. The number of thiophene rings is 1. The average Bonchev–Trinajstić information content (AvgIpc) is 3.13. The Morgan fingerprint density at radius 1 is 1.10 bits per heavy atom. The minimum atomic E-state index is -4.60. The van der Waals surface area contributed by atoms with Crippen LogP contribution in [-0.4, -0.2) is 11.7 Å². The second kappa shape index (κ2) is 6.83. The maximum Gasteiger partial charge on any atom is 0.418 e. The molecule has 29 heavy (non-hydrogen) atoms. The molecule has 152 valence electrons. The molecule has 1 amide bonds. The fourth-order valence-electron chi connectivity index (χ4n) is 4.36. The molecule has 0 bridgehead atoms. The summed E-state index contributed by atoms with van der Waals surface area (Å²) in [4.78, 5) is 27.4. The summed E-state index contributed by atoms with van der Waals surface area (Å²) in [5.74, 6) is -0.904. The third-order valence-electron chi connectivity index (χ3n) is 5.54. The molecule has 1 aromatic carbocycles. The first kappa shape index (κ1) is 19.9. The van der Waals surface area contributed by atoms with E-state index in [2.05, 4.69) is 0 Å². The van der Waals surface area contributed by atoms with Gasteiger partial charge in [0, 0.05) is 30.0 Å². The monoisotopic (exact) mass is 419 g/mol. The van der Waals surface area contributed by atoms with E-state index in [1.807, 2.05) is 30.7 Å². The molecule has 3 nitrogen and oxygen atoms in total. The van der Waals surface area contributed by atoms with Gasteiger partial charge in [-0.15, -0.1) is 0 Å². The number of hydrogen-bond donors (Lipinski definition) is 0. The zero-order valence-electron chi connectivity index (χ0n) is 16.0. The number of para-hydroxylation sites is 1. The molecule has 0 radical (unpaired) electrons. The molecule has 1 atom stereocenters. The van der Waals surface area contributed by atoms with Gasteiger partial charge in [0.25, 0.3) is 0 Å². The van der Waals surface area contributed by atoms with Crippen molar-refractivity contribution in [1.29, 1.82) is 0 Å². The molecule has 1 aliphatic carbocycles. The lowest BCUT2D eigenvalue weighted by atomic mass is 9.69. The van der Waals surface area contributed by atoms with E-state index in [1.165, 1.54) is 29.5 Å². The van der Waals surface area contributed by atoms with Crippen molar-refractivity contribution in [3.63, 3.8) is 0 Å². The van der Waals surface area contributed by atoms with E-state index in [1.54, 1.807) is 0 Å². The van der Waals surface area contributed by atoms with Crippen LogP contribution in [0.2, 0.25) is 0 Å². The van der Waals surface area contributed by atoms with E-state index in [4.69, 9.17) is 0 Å². The van der Waals surface area contributed by atoms with Crippen molar-refractivity contribution in [2.75, 3.05) is 4.90 Å². The number of hydrogen-bond acceptors (Lipinski definition) is 3. The summed E-state index contributed by atoms with van der Waals surface area (Å²) in [6, 6.07) is 6.95. The van der Waals surface area contributed by atoms with E-state index in [0.29, 0.717) is 24.1 Å². The van der Waals surface area contributed by atoms with Gasteiger partial charge >= 0.3 is 6.18 Å². The van der Waals surface area contributed by atoms with Gasteiger partial charge in [-0.05, 0) is 46.4 Å². The third-order valence-corrected chi connectivity index (χ3v) is 6.24. The van der Waals surface area contributed by atoms with Gasteiger partial charge < -0.3 is 0 Å². The van der Waals surface area contributed by atoms with Crippen molar-refractivity contribution in [3.05, 3.63) is 63.5 Å². The molecule has 1 unspecified atom stereocenters. The Labute approximate surface area is 170 Å². The van der Waals surface area contributed by atoms with Crippen molar-refractivity contribution in [2.24, 2.45) is 5.41 Å². The normalized spacial score (nSPS) is 22.1. The fraction of sp³-hybridized carbons (Fsp3) is 0.364. The van der Waals surface area contributed by atoms with Gasteiger partial charge in [0.1, 0.15) is 0 Å². The number of carbonyl (C=O) groups is 2. The molecule has 4 rings (SSSR count). The van der Waals surface area contributed by atoms with Gasteiger partial charge in [0.05, 0.1) is 11.3 Å². The molecular formula is C22H20F3NO2S. The summed E-state index contributed by atoms with van der Waals surface area (Å²) in [7, 11) is 0. The van der Waals surface area contributed by atoms with E-state index < -0.39 is 29.0 Å². The van der Waals surface area contributed by atoms with Gasteiger partial charge in [0.15, 0.2) is 5.78 Å². The van der Waals surface area contributed by atoms with Gasteiger partial charge in [-0.3, -0.25) is 14.5 Å². The van der Waals surface area contributed by atoms with Crippen LogP contribution in [0.3, 0.4) is 0 Å². The summed E-state index contributed by atoms with van der Waals surface area (Å²) < 4.78 is 41.0. The summed E-state index contributed by atoms with van der Waals surface area (Å²) in [6.45, 7) is 3.81. The van der Waals surface area contributed by atoms with E-state index in [9.17, 15) is 22.8 Å². The van der Waals surface area contributed by atoms with Gasteiger partial charge in [0.2, 0.25) is 5.91 Å². The lowest BCUT2D eigenvalue weighted by Gasteiger charge is -2.43. The molecule has 0 fully saturated rings. The number of anilines is 1. The number of nitrogens with zero attached hydrogens (tertiary/aromatic N) is 1. The number of halogens is 3. The predicted octanol–water partition coefficient (Wildman–Crippen LogP) is 5.93. The molecule has 1 aliphatic heterocycles. The number of alkyl halides is 3. The SMILES string of the molecule is CC1(C)CC(=O)C2=C(C1)N(c1ccccc1C(F)(F)F)C(=O)CC2c1ccsc1. The average molecular weight is 419 g/mol. The first-order valence-corrected chi connectivity index (χ1v) is 10.3. The zero-order valence-corrected chi connectivity index (χ0v) is 16.9. The van der Waals surface area contributed by atoms with Crippen LogP contribution in [0, 0.1) is 5.41 Å². The van der Waals surface area contributed by atoms with Crippen LogP contribution in [-0.2, 0) is 15.8 Å². The largest absolute Gasteiger partial charge is 0.418 e. The Morgan fingerprint density at radius 2 is 1.83 bits per heavy atom. The summed E-state index contributed by atoms with van der Waals surface area (Å²) in [5.41, 5.74) is 0.261. The van der Waals surface area contributed by atoms with Crippen molar-refractivity contribution in [1.82, 2.24) is 0 Å². The van der Waals surface area contributed by atoms with Crippen LogP contribution in [0.15, 0.2) is 52.4 Å². The van der Waals surface area contributed by atoms with Crippen LogP contribution >= 0.6 is 11.3 Å². The summed E-state index contributed by atoms with van der Waals surface area (Å²) >= 11 is 1.47. The van der Waals surface area contributed by atoms with Crippen molar-refractivity contribution < 1.29 is 22.8 Å². The second-order valence-corrected chi connectivity index (χ2v) is 9.14. The lowest BCUT2D eigenvalue weighted by Crippen LogP contribution is -2.44. The highest BCUT2D eigenvalue weighted by Crippen LogP contribution is 2.50. The number of allylic oxidation sites excluding steroid dienone is 2. The van der Waals surface area contributed by atoms with E-state index >= 15 is 0 Å². The minimum absolute atomic E-state index is 0.0199. The Kier molecular flexibility index (Phi) is 4.69. The van der Waals surface area contributed by atoms with Gasteiger partial charge in [-0.2, -0.15) is 24.5 Å². The van der Waals surface area contributed by atoms with Gasteiger partial charge in [-0.25, -0.2) is 0 Å². The van der Waals surface area contributed by atoms with Gasteiger partial charge in [-0.1, -0.05) is 26.0 Å². The number of ketones is 1. The van der Waals surface area contributed by atoms with Crippen LogP contribution in [0.5, 0.6) is 0 Å². The highest BCUT2D eigenvalue weighted by molar-refractivity contribution is 7.08. The highest BCUT2D eigenvalue weighted by atomic mass is 32.1. The van der Waals surface area contributed by atoms with E-state index in [-0.39, 0.29) is 17.9 Å². The minimum Gasteiger partial charge on any atom is -0.294 e. The lowest BCUT2D eigenvalue weighted by molar-refractivity contribution is -0.137. The first-order chi connectivity index (χ1) is 13.6. The van der Waals surface area contributed by atoms with Crippen molar-refractivity contribution in [2.45, 2.75) is 45.2 Å². The maximum atomic E-state index is 13.7. The fourth-order valence-corrected chi connectivity index (χ4v) is 5.08. The van der Waals surface area contributed by atoms with Crippen molar-refractivity contribution >= 4 is 28.7 Å². The zero-order chi connectivity index (χ0) is 21.0. The molecule has 2 aliphatic rings. The molecule has 2 aromatic rings. The summed E-state index contributed by atoms with van der Waals surface area (Å²) in [6.07, 6.45) is -3.94. The molecular weight excluding hydrogens is 399 g/mol. The molecule has 0 N–H and O–H groups in total. The van der Waals surface area contributed by atoms with Crippen LogP contribution in [0.25, 0.3) is 0 Å². The van der Waals surface area contributed by atoms with Crippen LogP contribution < -0.4 is 4.90 Å².